The molecule has 1 unspecified atom stereocenters. The summed E-state index contributed by atoms with van der Waals surface area (Å²) in [4.78, 5) is 29.8. The highest BCUT2D eigenvalue weighted by Gasteiger charge is 2.49. The third-order valence-corrected chi connectivity index (χ3v) is 6.55. The Morgan fingerprint density at radius 2 is 1.74 bits per heavy atom. The smallest absolute Gasteiger partial charge is 0.260 e. The molecule has 180 valence electrons. The van der Waals surface area contributed by atoms with Crippen molar-refractivity contribution in [3.8, 4) is 0 Å². The molecule has 1 aliphatic rings. The zero-order valence-electron chi connectivity index (χ0n) is 19.9. The summed E-state index contributed by atoms with van der Waals surface area (Å²) in [5, 5.41) is 12.3. The normalized spacial score (nSPS) is 17.4. The van der Waals surface area contributed by atoms with E-state index < -0.39 is 5.54 Å². The lowest BCUT2D eigenvalue weighted by Crippen LogP contribution is -2.43. The molecule has 0 bridgehead atoms. The summed E-state index contributed by atoms with van der Waals surface area (Å²) in [7, 11) is 1.76. The van der Waals surface area contributed by atoms with Gasteiger partial charge in [0.1, 0.15) is 5.54 Å². The van der Waals surface area contributed by atoms with Gasteiger partial charge in [0.15, 0.2) is 5.96 Å². The molecule has 1 atom stereocenters. The highest BCUT2D eigenvalue weighted by molar-refractivity contribution is 6.30. The van der Waals surface area contributed by atoms with Crippen molar-refractivity contribution in [2.24, 2.45) is 0 Å². The summed E-state index contributed by atoms with van der Waals surface area (Å²) in [5.41, 5.74) is 2.21. The van der Waals surface area contributed by atoms with Gasteiger partial charge >= 0.3 is 0 Å². The van der Waals surface area contributed by atoms with Crippen LogP contribution in [-0.2, 0) is 23.4 Å². The first kappa shape index (κ1) is 24.5. The number of hydrogen-bond donors (Lipinski definition) is 2. The van der Waals surface area contributed by atoms with E-state index in [4.69, 9.17) is 17.0 Å². The molecule has 1 saturated heterocycles. The summed E-state index contributed by atoms with van der Waals surface area (Å²) in [6.45, 7) is 2.70. The fourth-order valence-electron chi connectivity index (χ4n) is 4.55. The Kier molecular flexibility index (Phi) is 7.22. The van der Waals surface area contributed by atoms with Crippen LogP contribution in [0.1, 0.15) is 46.8 Å². The molecule has 0 radical (unpaired) electrons. The van der Waals surface area contributed by atoms with Crippen LogP contribution >= 0.6 is 11.6 Å². The van der Waals surface area contributed by atoms with Gasteiger partial charge in [0.05, 0.1) is 6.54 Å². The Morgan fingerprint density at radius 3 is 2.43 bits per heavy atom. The quantitative estimate of drug-likeness (QED) is 0.459. The maximum absolute atomic E-state index is 13.6. The van der Waals surface area contributed by atoms with E-state index >= 15 is 0 Å². The number of rotatable bonds is 8. The van der Waals surface area contributed by atoms with Gasteiger partial charge in [-0.2, -0.15) is 0 Å². The van der Waals surface area contributed by atoms with E-state index in [1.54, 1.807) is 36.2 Å². The molecule has 1 heterocycles. The molecule has 3 aromatic carbocycles. The maximum Gasteiger partial charge on any atom is 0.260 e. The molecule has 4 rings (SSSR count). The van der Waals surface area contributed by atoms with Gasteiger partial charge in [0.25, 0.3) is 11.8 Å². The van der Waals surface area contributed by atoms with Crippen LogP contribution in [0.25, 0.3) is 0 Å². The highest BCUT2D eigenvalue weighted by Crippen LogP contribution is 2.34. The third kappa shape index (κ3) is 5.08. The summed E-state index contributed by atoms with van der Waals surface area (Å²) in [5.74, 6) is -0.191. The van der Waals surface area contributed by atoms with E-state index in [-0.39, 0.29) is 24.3 Å². The summed E-state index contributed by atoms with van der Waals surface area (Å²) in [6, 6.07) is 24.2. The first-order valence-electron chi connectivity index (χ1n) is 11.7. The molecule has 1 fully saturated rings. The number of nitrogens with zero attached hydrogens (tertiary/aromatic N) is 2. The minimum absolute atomic E-state index is 0.0730. The lowest BCUT2D eigenvalue weighted by Gasteiger charge is -2.27. The van der Waals surface area contributed by atoms with Gasteiger partial charge in [-0.05, 0) is 47.4 Å². The minimum Gasteiger partial charge on any atom is -0.338 e. The predicted molar refractivity (Wildman–Crippen MR) is 138 cm³/mol. The van der Waals surface area contributed by atoms with Crippen molar-refractivity contribution in [2.45, 2.75) is 38.4 Å². The first-order valence-corrected chi connectivity index (χ1v) is 12.0. The van der Waals surface area contributed by atoms with Crippen molar-refractivity contribution in [3.05, 3.63) is 106 Å². The summed E-state index contributed by atoms with van der Waals surface area (Å²) in [6.07, 6.45) is 1.38. The van der Waals surface area contributed by atoms with Crippen molar-refractivity contribution in [1.29, 1.82) is 5.41 Å². The number of guanidine groups is 1. The zero-order valence-corrected chi connectivity index (χ0v) is 20.7. The lowest BCUT2D eigenvalue weighted by atomic mass is 9.85. The molecule has 6 nitrogen and oxygen atoms in total. The Hall–Kier alpha value is -3.64. The molecule has 2 N–H and O–H groups in total. The number of hydrogen-bond acceptors (Lipinski definition) is 3. The number of nitrogens with one attached hydrogen (secondary N) is 2. The molecule has 0 aromatic heterocycles. The second-order valence-electron chi connectivity index (χ2n) is 8.87. The van der Waals surface area contributed by atoms with Crippen LogP contribution in [0.4, 0.5) is 0 Å². The number of carbonyl (C=O) groups is 2. The number of halogens is 1. The summed E-state index contributed by atoms with van der Waals surface area (Å²) >= 11 is 5.96. The lowest BCUT2D eigenvalue weighted by molar-refractivity contribution is -0.132. The summed E-state index contributed by atoms with van der Waals surface area (Å²) < 4.78 is 0. The van der Waals surface area contributed by atoms with Crippen molar-refractivity contribution < 1.29 is 9.59 Å². The van der Waals surface area contributed by atoms with Gasteiger partial charge in [0.2, 0.25) is 0 Å². The predicted octanol–water partition coefficient (Wildman–Crippen LogP) is 5.17. The molecule has 7 heteroatoms. The third-order valence-electron chi connectivity index (χ3n) is 6.30. The van der Waals surface area contributed by atoms with Gasteiger partial charge in [-0.15, -0.1) is 0 Å². The molecule has 1 aliphatic heterocycles. The van der Waals surface area contributed by atoms with Crippen LogP contribution in [0.15, 0.2) is 78.9 Å². The van der Waals surface area contributed by atoms with Crippen LogP contribution in [0.3, 0.4) is 0 Å². The second kappa shape index (κ2) is 10.3. The Bertz CT molecular complexity index is 1230. The fraction of sp³-hybridized carbons (Fsp3) is 0.250. The fourth-order valence-corrected chi connectivity index (χ4v) is 4.68. The highest BCUT2D eigenvalue weighted by atomic mass is 35.5. The van der Waals surface area contributed by atoms with Gasteiger partial charge < -0.3 is 10.2 Å². The molecule has 2 amide bonds. The van der Waals surface area contributed by atoms with Crippen LogP contribution in [-0.4, -0.2) is 34.6 Å². The monoisotopic (exact) mass is 488 g/mol. The standard InChI is InChI=1S/C28H29ClN4O2/c1-3-16-28(23-10-5-4-6-11-23)26(35)33(27(30)31-28)19-21-8-7-9-22(17-21)25(34)32(2)18-20-12-14-24(29)15-13-20/h4-15,17H,3,16,18-19H2,1-2H3,(H2,30,31). The largest absolute Gasteiger partial charge is 0.338 e. The van der Waals surface area contributed by atoms with Crippen molar-refractivity contribution >= 4 is 29.4 Å². The Morgan fingerprint density at radius 1 is 1.03 bits per heavy atom. The van der Waals surface area contributed by atoms with Gasteiger partial charge in [-0.1, -0.05) is 79.5 Å². The van der Waals surface area contributed by atoms with Crippen LogP contribution in [0, 0.1) is 5.41 Å². The van der Waals surface area contributed by atoms with E-state index in [0.29, 0.717) is 23.6 Å². The second-order valence-corrected chi connectivity index (χ2v) is 9.31. The SMILES string of the molecule is CCCC1(c2ccccc2)NC(=N)N(Cc2cccc(C(=O)N(C)Cc3ccc(Cl)cc3)c2)C1=O. The molecule has 35 heavy (non-hydrogen) atoms. The van der Waals surface area contributed by atoms with Crippen LogP contribution < -0.4 is 5.32 Å². The zero-order chi connectivity index (χ0) is 25.0. The van der Waals surface area contributed by atoms with Crippen molar-refractivity contribution in [3.63, 3.8) is 0 Å². The molecular weight excluding hydrogens is 460 g/mol. The van der Waals surface area contributed by atoms with Crippen LogP contribution in [0.5, 0.6) is 0 Å². The van der Waals surface area contributed by atoms with Crippen molar-refractivity contribution in [1.82, 2.24) is 15.1 Å². The van der Waals surface area contributed by atoms with E-state index in [0.717, 1.165) is 23.1 Å². The molecule has 0 spiro atoms. The van der Waals surface area contributed by atoms with Gasteiger partial charge in [-0.25, -0.2) is 0 Å². The first-order chi connectivity index (χ1) is 16.8. The Labute approximate surface area is 211 Å². The molecular formula is C28H29ClN4O2. The average Bonchev–Trinajstić information content (AvgIpc) is 3.11. The topological polar surface area (TPSA) is 76.5 Å². The van der Waals surface area contributed by atoms with Gasteiger partial charge in [0, 0.05) is 24.2 Å². The number of amides is 2. The Balaban J connectivity index is 1.52. The molecule has 3 aromatic rings. The molecule has 0 saturated carbocycles. The number of carbonyl (C=O) groups excluding carboxylic acids is 2. The average molecular weight is 489 g/mol. The van der Waals surface area contributed by atoms with Crippen LogP contribution in [0.2, 0.25) is 5.02 Å². The molecule has 0 aliphatic carbocycles. The van der Waals surface area contributed by atoms with E-state index in [9.17, 15) is 9.59 Å². The number of benzene rings is 3. The van der Waals surface area contributed by atoms with E-state index in [1.165, 1.54) is 4.90 Å². The van der Waals surface area contributed by atoms with Gasteiger partial charge in [-0.3, -0.25) is 19.9 Å². The maximum atomic E-state index is 13.6. The van der Waals surface area contributed by atoms with E-state index in [1.807, 2.05) is 61.5 Å². The van der Waals surface area contributed by atoms with E-state index in [2.05, 4.69) is 5.32 Å². The van der Waals surface area contributed by atoms with Crippen molar-refractivity contribution in [2.75, 3.05) is 7.05 Å². The minimum atomic E-state index is -0.945.